The lowest BCUT2D eigenvalue weighted by Gasteiger charge is -2.26. The number of carbonyl (C=O) groups excluding carboxylic acids is 1. The van der Waals surface area contributed by atoms with Crippen LogP contribution in [0, 0.1) is 0 Å². The van der Waals surface area contributed by atoms with Gasteiger partial charge in [-0.1, -0.05) is 6.07 Å². The van der Waals surface area contributed by atoms with Gasteiger partial charge in [-0.25, -0.2) is 0 Å². The molecule has 0 aliphatic carbocycles. The summed E-state index contributed by atoms with van der Waals surface area (Å²) < 4.78 is 5.18. The van der Waals surface area contributed by atoms with Crippen molar-refractivity contribution < 1.29 is 9.21 Å². The highest BCUT2D eigenvalue weighted by atomic mass is 32.1. The normalized spacial score (nSPS) is 17.1. The molecule has 22 heavy (non-hydrogen) atoms. The van der Waals surface area contributed by atoms with Crippen LogP contribution in [0.4, 0.5) is 0 Å². The largest absolute Gasteiger partial charge is 0.465 e. The van der Waals surface area contributed by atoms with Crippen molar-refractivity contribution in [1.82, 2.24) is 10.2 Å². The number of carbonyl (C=O) groups is 1. The first kappa shape index (κ1) is 15.1. The summed E-state index contributed by atoms with van der Waals surface area (Å²) in [7, 11) is 0. The van der Waals surface area contributed by atoms with Crippen LogP contribution >= 0.6 is 11.3 Å². The van der Waals surface area contributed by atoms with E-state index in [2.05, 4.69) is 27.7 Å². The van der Waals surface area contributed by atoms with Crippen LogP contribution in [0.2, 0.25) is 0 Å². The Morgan fingerprint density at radius 1 is 1.36 bits per heavy atom. The predicted octanol–water partition coefficient (Wildman–Crippen LogP) is 3.31. The van der Waals surface area contributed by atoms with E-state index in [1.54, 1.807) is 29.7 Å². The van der Waals surface area contributed by atoms with E-state index in [0.29, 0.717) is 12.3 Å². The van der Waals surface area contributed by atoms with E-state index in [-0.39, 0.29) is 11.9 Å². The van der Waals surface area contributed by atoms with E-state index in [1.807, 2.05) is 6.07 Å². The summed E-state index contributed by atoms with van der Waals surface area (Å²) in [6.45, 7) is 2.86. The maximum Gasteiger partial charge on any atom is 0.244 e. The Morgan fingerprint density at radius 3 is 2.91 bits per heavy atom. The summed E-state index contributed by atoms with van der Waals surface area (Å²) in [4.78, 5) is 15.8. The van der Waals surface area contributed by atoms with Crippen molar-refractivity contribution in [1.29, 1.82) is 0 Å². The van der Waals surface area contributed by atoms with Gasteiger partial charge in [0, 0.05) is 17.5 Å². The minimum atomic E-state index is -0.0860. The highest BCUT2D eigenvalue weighted by molar-refractivity contribution is 7.10. The Hall–Kier alpha value is -1.85. The summed E-state index contributed by atoms with van der Waals surface area (Å²) >= 11 is 1.75. The monoisotopic (exact) mass is 316 g/mol. The Labute approximate surface area is 134 Å². The lowest BCUT2D eigenvalue weighted by atomic mass is 10.2. The Balaban J connectivity index is 1.58. The number of likely N-dealkylation sites (tertiary alicyclic amines) is 1. The van der Waals surface area contributed by atoms with Crippen LogP contribution in [0.15, 0.2) is 46.4 Å². The molecule has 0 unspecified atom stereocenters. The minimum Gasteiger partial charge on any atom is -0.465 e. The standard InChI is InChI=1S/C17H20N2O2S/c20-17(8-7-14-5-3-11-21-14)18-13-15(16-6-4-12-22-16)19-9-1-2-10-19/h3-8,11-12,15H,1-2,9-10,13H2,(H,18,20)/b8-7+/t15-/m1/s1. The van der Waals surface area contributed by atoms with Crippen LogP contribution < -0.4 is 5.32 Å². The Bertz CT molecular complexity index is 599. The molecule has 1 atom stereocenters. The smallest absolute Gasteiger partial charge is 0.244 e. The van der Waals surface area contributed by atoms with Gasteiger partial charge in [-0.2, -0.15) is 0 Å². The van der Waals surface area contributed by atoms with Gasteiger partial charge in [-0.05, 0) is 55.6 Å². The van der Waals surface area contributed by atoms with Crippen LogP contribution in [0.1, 0.15) is 29.5 Å². The molecule has 5 heteroatoms. The molecule has 1 aliphatic heterocycles. The Kier molecular flexibility index (Phi) is 5.08. The average molecular weight is 316 g/mol. The molecule has 4 nitrogen and oxygen atoms in total. The molecule has 1 fully saturated rings. The van der Waals surface area contributed by atoms with E-state index >= 15 is 0 Å². The van der Waals surface area contributed by atoms with Crippen LogP contribution in [-0.2, 0) is 4.79 Å². The van der Waals surface area contributed by atoms with Crippen LogP contribution in [0.25, 0.3) is 6.08 Å². The van der Waals surface area contributed by atoms with E-state index in [0.717, 1.165) is 13.1 Å². The third-order valence-corrected chi connectivity index (χ3v) is 4.84. The number of nitrogens with one attached hydrogen (secondary N) is 1. The van der Waals surface area contributed by atoms with Crippen LogP contribution in [-0.4, -0.2) is 30.4 Å². The summed E-state index contributed by atoms with van der Waals surface area (Å²) in [5.74, 6) is 0.599. The molecule has 116 valence electrons. The highest BCUT2D eigenvalue weighted by Crippen LogP contribution is 2.27. The molecule has 0 bridgehead atoms. The third kappa shape index (κ3) is 3.87. The first-order valence-electron chi connectivity index (χ1n) is 7.60. The summed E-state index contributed by atoms with van der Waals surface area (Å²) in [6.07, 6.45) is 7.29. The summed E-state index contributed by atoms with van der Waals surface area (Å²) in [5.41, 5.74) is 0. The second-order valence-electron chi connectivity index (χ2n) is 5.37. The van der Waals surface area contributed by atoms with E-state index in [1.165, 1.54) is 23.8 Å². The number of rotatable bonds is 6. The molecule has 0 aromatic carbocycles. The third-order valence-electron chi connectivity index (χ3n) is 3.86. The topological polar surface area (TPSA) is 45.5 Å². The second-order valence-corrected chi connectivity index (χ2v) is 6.35. The molecule has 1 saturated heterocycles. The van der Waals surface area contributed by atoms with Gasteiger partial charge in [0.1, 0.15) is 5.76 Å². The van der Waals surface area contributed by atoms with E-state index in [9.17, 15) is 4.79 Å². The van der Waals surface area contributed by atoms with Gasteiger partial charge in [0.05, 0.1) is 12.3 Å². The molecule has 1 N–H and O–H groups in total. The second kappa shape index (κ2) is 7.42. The number of hydrogen-bond donors (Lipinski definition) is 1. The summed E-state index contributed by atoms with van der Waals surface area (Å²) in [5, 5.41) is 5.10. The Morgan fingerprint density at radius 2 is 2.23 bits per heavy atom. The van der Waals surface area contributed by atoms with Crippen LogP contribution in [0.3, 0.4) is 0 Å². The first-order valence-corrected chi connectivity index (χ1v) is 8.48. The summed E-state index contributed by atoms with van der Waals surface area (Å²) in [6, 6.07) is 8.13. The number of amides is 1. The lowest BCUT2D eigenvalue weighted by Crippen LogP contribution is -2.35. The van der Waals surface area contributed by atoms with Crippen molar-refractivity contribution in [3.63, 3.8) is 0 Å². The van der Waals surface area contributed by atoms with Gasteiger partial charge in [-0.15, -0.1) is 11.3 Å². The van der Waals surface area contributed by atoms with Crippen LogP contribution in [0.5, 0.6) is 0 Å². The first-order chi connectivity index (χ1) is 10.8. The molecular weight excluding hydrogens is 296 g/mol. The van der Waals surface area contributed by atoms with Crippen molar-refractivity contribution in [2.75, 3.05) is 19.6 Å². The maximum absolute atomic E-state index is 12.0. The lowest BCUT2D eigenvalue weighted by molar-refractivity contribution is -0.116. The SMILES string of the molecule is O=C(/C=C/c1ccco1)NC[C@H](c1cccs1)N1CCCC1. The zero-order valence-corrected chi connectivity index (χ0v) is 13.2. The molecule has 0 radical (unpaired) electrons. The molecule has 2 aromatic rings. The fraction of sp³-hybridized carbons (Fsp3) is 0.353. The number of hydrogen-bond acceptors (Lipinski definition) is 4. The molecule has 0 saturated carbocycles. The van der Waals surface area contributed by atoms with Crippen molar-refractivity contribution in [2.45, 2.75) is 18.9 Å². The molecule has 1 amide bonds. The molecule has 1 aliphatic rings. The fourth-order valence-corrected chi connectivity index (χ4v) is 3.60. The number of nitrogens with zero attached hydrogens (tertiary/aromatic N) is 1. The molecular formula is C17H20N2O2S. The molecule has 2 aromatic heterocycles. The quantitative estimate of drug-likeness (QED) is 0.832. The van der Waals surface area contributed by atoms with Crippen molar-refractivity contribution in [3.8, 4) is 0 Å². The zero-order chi connectivity index (χ0) is 15.2. The fourth-order valence-electron chi connectivity index (χ4n) is 2.74. The van der Waals surface area contributed by atoms with Gasteiger partial charge in [0.25, 0.3) is 0 Å². The van der Waals surface area contributed by atoms with Crippen molar-refractivity contribution >= 4 is 23.3 Å². The molecule has 3 heterocycles. The number of thiophene rings is 1. The highest BCUT2D eigenvalue weighted by Gasteiger charge is 2.24. The zero-order valence-electron chi connectivity index (χ0n) is 12.4. The van der Waals surface area contributed by atoms with Gasteiger partial charge in [-0.3, -0.25) is 9.69 Å². The van der Waals surface area contributed by atoms with Crippen molar-refractivity contribution in [2.24, 2.45) is 0 Å². The number of furan rings is 1. The minimum absolute atomic E-state index is 0.0860. The maximum atomic E-state index is 12.0. The van der Waals surface area contributed by atoms with Gasteiger partial charge < -0.3 is 9.73 Å². The average Bonchev–Trinajstić information content (AvgIpc) is 3.27. The predicted molar refractivity (Wildman–Crippen MR) is 88.6 cm³/mol. The van der Waals surface area contributed by atoms with E-state index in [4.69, 9.17) is 4.42 Å². The molecule has 3 rings (SSSR count). The van der Waals surface area contributed by atoms with E-state index < -0.39 is 0 Å². The van der Waals surface area contributed by atoms with Gasteiger partial charge in [0.15, 0.2) is 0 Å². The molecule has 0 spiro atoms. The van der Waals surface area contributed by atoms with Gasteiger partial charge in [0.2, 0.25) is 5.91 Å². The van der Waals surface area contributed by atoms with Gasteiger partial charge >= 0.3 is 0 Å². The van der Waals surface area contributed by atoms with Crippen molar-refractivity contribution in [3.05, 3.63) is 52.6 Å².